The van der Waals surface area contributed by atoms with E-state index in [1.165, 1.54) is 11.1 Å². The predicted molar refractivity (Wildman–Crippen MR) is 84.6 cm³/mol. The van der Waals surface area contributed by atoms with Crippen molar-refractivity contribution in [1.82, 2.24) is 14.9 Å². The van der Waals surface area contributed by atoms with Gasteiger partial charge in [0, 0.05) is 37.8 Å². The van der Waals surface area contributed by atoms with Gasteiger partial charge in [0.2, 0.25) is 5.91 Å². The number of rotatable bonds is 3. The molecule has 22 heavy (non-hydrogen) atoms. The second-order valence-corrected chi connectivity index (χ2v) is 6.44. The van der Waals surface area contributed by atoms with Crippen molar-refractivity contribution >= 4 is 5.91 Å². The first kappa shape index (κ1) is 13.6. The minimum atomic E-state index is 0.190. The number of benzene rings is 1. The molecule has 1 aromatic heterocycles. The molecule has 4 heteroatoms. The number of aromatic nitrogens is 2. The number of nitrogens with zero attached hydrogens (tertiary/aromatic N) is 2. The van der Waals surface area contributed by atoms with Crippen molar-refractivity contribution in [2.75, 3.05) is 0 Å². The molecular weight excluding hydrogens is 274 g/mol. The SMILES string of the molecule is O=C(C[C@@H]1CCc2ccccc21)N[C@@H]1CCc2nccn2C1. The average molecular weight is 295 g/mol. The standard InChI is InChI=1S/C18H21N3O/c22-18(11-14-6-5-13-3-1-2-4-16(13)14)20-15-7-8-17-19-9-10-21(17)12-15/h1-4,9-10,14-15H,5-8,11-12H2,(H,20,22)/t14-,15+/m0/s1. The highest BCUT2D eigenvalue weighted by Gasteiger charge is 2.26. The molecule has 1 aliphatic carbocycles. The Morgan fingerprint density at radius 1 is 1.27 bits per heavy atom. The first-order valence-corrected chi connectivity index (χ1v) is 8.17. The molecular formula is C18H21N3O. The van der Waals surface area contributed by atoms with Crippen LogP contribution in [0.3, 0.4) is 0 Å². The summed E-state index contributed by atoms with van der Waals surface area (Å²) in [5.74, 6) is 1.72. The molecule has 1 N–H and O–H groups in total. The summed E-state index contributed by atoms with van der Waals surface area (Å²) in [5, 5.41) is 3.22. The number of fused-ring (bicyclic) bond motifs is 2. The van der Waals surface area contributed by atoms with E-state index < -0.39 is 0 Å². The molecule has 4 rings (SSSR count). The van der Waals surface area contributed by atoms with E-state index in [9.17, 15) is 4.79 Å². The summed E-state index contributed by atoms with van der Waals surface area (Å²) in [7, 11) is 0. The largest absolute Gasteiger partial charge is 0.352 e. The smallest absolute Gasteiger partial charge is 0.220 e. The van der Waals surface area contributed by atoms with E-state index in [0.717, 1.165) is 38.1 Å². The fourth-order valence-corrected chi connectivity index (χ4v) is 3.85. The molecule has 114 valence electrons. The lowest BCUT2D eigenvalue weighted by molar-refractivity contribution is -0.122. The fourth-order valence-electron chi connectivity index (χ4n) is 3.85. The van der Waals surface area contributed by atoms with Gasteiger partial charge in [0.05, 0.1) is 0 Å². The lowest BCUT2D eigenvalue weighted by atomic mass is 9.97. The predicted octanol–water partition coefficient (Wildman–Crippen LogP) is 2.43. The Labute approximate surface area is 130 Å². The maximum absolute atomic E-state index is 12.4. The van der Waals surface area contributed by atoms with Crippen LogP contribution >= 0.6 is 0 Å². The van der Waals surface area contributed by atoms with Crippen molar-refractivity contribution in [3.63, 3.8) is 0 Å². The molecule has 2 atom stereocenters. The van der Waals surface area contributed by atoms with Crippen molar-refractivity contribution in [2.24, 2.45) is 0 Å². The lowest BCUT2D eigenvalue weighted by Gasteiger charge is -2.25. The maximum Gasteiger partial charge on any atom is 0.220 e. The first-order chi connectivity index (χ1) is 10.8. The Morgan fingerprint density at radius 2 is 2.18 bits per heavy atom. The van der Waals surface area contributed by atoms with Gasteiger partial charge in [0.15, 0.2) is 0 Å². The second kappa shape index (κ2) is 5.59. The summed E-state index contributed by atoms with van der Waals surface area (Å²) in [4.78, 5) is 16.7. The second-order valence-electron chi connectivity index (χ2n) is 6.44. The highest BCUT2D eigenvalue weighted by molar-refractivity contribution is 5.77. The summed E-state index contributed by atoms with van der Waals surface area (Å²) in [6, 6.07) is 8.78. The van der Waals surface area contributed by atoms with Crippen LogP contribution in [0.2, 0.25) is 0 Å². The van der Waals surface area contributed by atoms with E-state index in [1.54, 1.807) is 0 Å². The van der Waals surface area contributed by atoms with E-state index in [2.05, 4.69) is 39.1 Å². The van der Waals surface area contributed by atoms with Crippen LogP contribution in [0.5, 0.6) is 0 Å². The molecule has 2 heterocycles. The van der Waals surface area contributed by atoms with Crippen LogP contribution in [0.4, 0.5) is 0 Å². The Hall–Kier alpha value is -2.10. The van der Waals surface area contributed by atoms with Gasteiger partial charge in [-0.05, 0) is 36.3 Å². The third-order valence-electron chi connectivity index (χ3n) is 4.99. The van der Waals surface area contributed by atoms with Gasteiger partial charge in [-0.1, -0.05) is 24.3 Å². The van der Waals surface area contributed by atoms with E-state index in [1.807, 2.05) is 12.4 Å². The summed E-state index contributed by atoms with van der Waals surface area (Å²) in [5.41, 5.74) is 2.79. The fraction of sp³-hybridized carbons (Fsp3) is 0.444. The lowest BCUT2D eigenvalue weighted by Crippen LogP contribution is -2.41. The normalized spacial score (nSPS) is 22.9. The number of carbonyl (C=O) groups excluding carboxylic acids is 1. The molecule has 1 aliphatic heterocycles. The summed E-state index contributed by atoms with van der Waals surface area (Å²) in [6.07, 6.45) is 8.60. The molecule has 0 unspecified atom stereocenters. The zero-order chi connectivity index (χ0) is 14.9. The van der Waals surface area contributed by atoms with Crippen LogP contribution in [-0.2, 0) is 24.2 Å². The van der Waals surface area contributed by atoms with Gasteiger partial charge in [0.25, 0.3) is 0 Å². The number of nitrogens with one attached hydrogen (secondary N) is 1. The molecule has 4 nitrogen and oxygen atoms in total. The molecule has 2 aliphatic rings. The number of amides is 1. The van der Waals surface area contributed by atoms with Gasteiger partial charge in [-0.15, -0.1) is 0 Å². The first-order valence-electron chi connectivity index (χ1n) is 8.17. The van der Waals surface area contributed by atoms with Crippen LogP contribution in [0.1, 0.15) is 42.1 Å². The Balaban J connectivity index is 1.36. The number of imidazole rings is 1. The van der Waals surface area contributed by atoms with Crippen LogP contribution in [0.15, 0.2) is 36.7 Å². The third-order valence-corrected chi connectivity index (χ3v) is 4.99. The zero-order valence-electron chi connectivity index (χ0n) is 12.7. The number of hydrogen-bond acceptors (Lipinski definition) is 2. The molecule has 0 saturated carbocycles. The highest BCUT2D eigenvalue weighted by Crippen LogP contribution is 2.35. The Bertz CT molecular complexity index is 691. The highest BCUT2D eigenvalue weighted by atomic mass is 16.1. The van der Waals surface area contributed by atoms with E-state index in [-0.39, 0.29) is 11.9 Å². The van der Waals surface area contributed by atoms with Gasteiger partial charge < -0.3 is 9.88 Å². The van der Waals surface area contributed by atoms with E-state index in [0.29, 0.717) is 12.3 Å². The number of aryl methyl sites for hydroxylation is 2. The van der Waals surface area contributed by atoms with Crippen molar-refractivity contribution in [3.05, 3.63) is 53.6 Å². The van der Waals surface area contributed by atoms with Crippen LogP contribution in [0, 0.1) is 0 Å². The van der Waals surface area contributed by atoms with E-state index in [4.69, 9.17) is 0 Å². The molecule has 0 saturated heterocycles. The molecule has 1 aromatic carbocycles. The number of hydrogen-bond donors (Lipinski definition) is 1. The van der Waals surface area contributed by atoms with E-state index >= 15 is 0 Å². The Morgan fingerprint density at radius 3 is 3.14 bits per heavy atom. The Kier molecular flexibility index (Phi) is 3.45. The van der Waals surface area contributed by atoms with Crippen molar-refractivity contribution in [3.8, 4) is 0 Å². The van der Waals surface area contributed by atoms with Gasteiger partial charge in [0.1, 0.15) is 5.82 Å². The molecule has 0 spiro atoms. The van der Waals surface area contributed by atoms with Gasteiger partial charge in [-0.2, -0.15) is 0 Å². The zero-order valence-corrected chi connectivity index (χ0v) is 12.7. The van der Waals surface area contributed by atoms with Crippen molar-refractivity contribution in [2.45, 2.75) is 50.6 Å². The molecule has 0 fully saturated rings. The van der Waals surface area contributed by atoms with Crippen LogP contribution in [-0.4, -0.2) is 21.5 Å². The molecule has 0 radical (unpaired) electrons. The minimum absolute atomic E-state index is 0.190. The minimum Gasteiger partial charge on any atom is -0.352 e. The monoisotopic (exact) mass is 295 g/mol. The molecule has 0 bridgehead atoms. The van der Waals surface area contributed by atoms with Crippen molar-refractivity contribution < 1.29 is 4.79 Å². The molecule has 2 aromatic rings. The van der Waals surface area contributed by atoms with Crippen molar-refractivity contribution in [1.29, 1.82) is 0 Å². The van der Waals surface area contributed by atoms with Crippen LogP contribution in [0.25, 0.3) is 0 Å². The van der Waals surface area contributed by atoms with Gasteiger partial charge in [-0.25, -0.2) is 4.98 Å². The van der Waals surface area contributed by atoms with Gasteiger partial charge in [-0.3, -0.25) is 4.79 Å². The summed E-state index contributed by atoms with van der Waals surface area (Å²) in [6.45, 7) is 0.850. The average Bonchev–Trinajstić information content (AvgIpc) is 3.14. The quantitative estimate of drug-likeness (QED) is 0.945. The summed E-state index contributed by atoms with van der Waals surface area (Å²) >= 11 is 0. The van der Waals surface area contributed by atoms with Crippen LogP contribution < -0.4 is 5.32 Å². The number of carbonyl (C=O) groups is 1. The van der Waals surface area contributed by atoms with Gasteiger partial charge >= 0.3 is 0 Å². The summed E-state index contributed by atoms with van der Waals surface area (Å²) < 4.78 is 2.15. The molecule has 1 amide bonds. The third kappa shape index (κ3) is 2.54. The maximum atomic E-state index is 12.4. The topological polar surface area (TPSA) is 46.9 Å².